The first kappa shape index (κ1) is 17.6. The molecule has 0 bridgehead atoms. The van der Waals surface area contributed by atoms with Gasteiger partial charge in [-0.05, 0) is 36.2 Å². The maximum absolute atomic E-state index is 12.9. The van der Waals surface area contributed by atoms with E-state index in [0.717, 1.165) is 27.9 Å². The van der Waals surface area contributed by atoms with Crippen LogP contribution < -0.4 is 10.4 Å². The molecule has 28 heavy (non-hydrogen) atoms. The van der Waals surface area contributed by atoms with Crippen molar-refractivity contribution in [3.8, 4) is 34.2 Å². The average molecular weight is 370 g/mol. The van der Waals surface area contributed by atoms with Gasteiger partial charge >= 0.3 is 5.69 Å². The van der Waals surface area contributed by atoms with E-state index in [1.54, 1.807) is 30.7 Å². The maximum atomic E-state index is 12.9. The third-order valence-electron chi connectivity index (χ3n) is 4.77. The summed E-state index contributed by atoms with van der Waals surface area (Å²) in [6, 6.07) is 19.3. The molecule has 0 saturated carbocycles. The van der Waals surface area contributed by atoms with Crippen LogP contribution in [0.25, 0.3) is 28.0 Å². The van der Waals surface area contributed by atoms with Gasteiger partial charge in [-0.2, -0.15) is 5.26 Å². The molecular weight excluding hydrogens is 352 g/mol. The smallest absolute Gasteiger partial charge is 0.350 e. The number of pyridine rings is 1. The Labute approximate surface area is 161 Å². The highest BCUT2D eigenvalue weighted by atomic mass is 16.5. The van der Waals surface area contributed by atoms with Crippen LogP contribution >= 0.6 is 0 Å². The summed E-state index contributed by atoms with van der Waals surface area (Å²) < 4.78 is 8.41. The standard InChI is InChI=1S/C22H18N4O2/c1-14-4-8-17(9-5-14)20-18(16-10-6-15(13-23)7-11-16)12-19(28-3)21-24-25(2)22(27)26(20)21/h4-12H,1-3H3. The molecule has 6 heteroatoms. The minimum atomic E-state index is -0.251. The second-order valence-electron chi connectivity index (χ2n) is 6.60. The van der Waals surface area contributed by atoms with Crippen LogP contribution in [0.4, 0.5) is 0 Å². The first-order valence-electron chi connectivity index (χ1n) is 8.78. The fourth-order valence-corrected chi connectivity index (χ4v) is 3.30. The average Bonchev–Trinajstić information content (AvgIpc) is 3.02. The highest BCUT2D eigenvalue weighted by molar-refractivity contribution is 5.85. The highest BCUT2D eigenvalue weighted by Gasteiger charge is 2.20. The third-order valence-corrected chi connectivity index (χ3v) is 4.77. The lowest BCUT2D eigenvalue weighted by molar-refractivity contribution is 0.417. The number of aromatic nitrogens is 3. The largest absolute Gasteiger partial charge is 0.493 e. The number of hydrogen-bond acceptors (Lipinski definition) is 4. The summed E-state index contributed by atoms with van der Waals surface area (Å²) in [5.41, 5.74) is 5.26. The van der Waals surface area contributed by atoms with Gasteiger partial charge in [0.15, 0.2) is 5.75 Å². The summed E-state index contributed by atoms with van der Waals surface area (Å²) in [5, 5.41) is 13.4. The van der Waals surface area contributed by atoms with Crippen molar-refractivity contribution in [3.63, 3.8) is 0 Å². The Morgan fingerprint density at radius 1 is 1.04 bits per heavy atom. The Bertz CT molecular complexity index is 1270. The molecule has 0 saturated heterocycles. The summed E-state index contributed by atoms with van der Waals surface area (Å²) in [4.78, 5) is 12.9. The molecule has 6 nitrogen and oxygen atoms in total. The molecule has 4 aromatic rings. The summed E-state index contributed by atoms with van der Waals surface area (Å²) in [6.07, 6.45) is 0. The summed E-state index contributed by atoms with van der Waals surface area (Å²) in [5.74, 6) is 0.507. The number of aryl methyl sites for hydroxylation is 2. The van der Waals surface area contributed by atoms with Crippen LogP contribution in [0, 0.1) is 18.3 Å². The van der Waals surface area contributed by atoms with Crippen molar-refractivity contribution >= 4 is 5.65 Å². The Kier molecular flexibility index (Phi) is 4.21. The summed E-state index contributed by atoms with van der Waals surface area (Å²) >= 11 is 0. The van der Waals surface area contributed by atoms with Gasteiger partial charge < -0.3 is 4.74 Å². The Morgan fingerprint density at radius 2 is 1.68 bits per heavy atom. The first-order valence-corrected chi connectivity index (χ1v) is 8.78. The van der Waals surface area contributed by atoms with Gasteiger partial charge in [-0.3, -0.25) is 0 Å². The molecule has 0 aliphatic heterocycles. The zero-order valence-corrected chi connectivity index (χ0v) is 15.8. The van der Waals surface area contributed by atoms with Gasteiger partial charge in [0.25, 0.3) is 0 Å². The molecule has 0 spiro atoms. The number of nitriles is 1. The number of rotatable bonds is 3. The number of methoxy groups -OCH3 is 1. The Balaban J connectivity index is 2.14. The van der Waals surface area contributed by atoms with Crippen LogP contribution in [0.3, 0.4) is 0 Å². The van der Waals surface area contributed by atoms with E-state index >= 15 is 0 Å². The van der Waals surface area contributed by atoms with E-state index in [9.17, 15) is 4.79 Å². The topological polar surface area (TPSA) is 72.3 Å². The molecule has 2 heterocycles. The van der Waals surface area contributed by atoms with Gasteiger partial charge in [-0.15, -0.1) is 5.10 Å². The first-order chi connectivity index (χ1) is 13.5. The molecule has 0 unspecified atom stereocenters. The lowest BCUT2D eigenvalue weighted by Crippen LogP contribution is -2.19. The van der Waals surface area contributed by atoms with Crippen LogP contribution in [0.1, 0.15) is 11.1 Å². The minimum absolute atomic E-state index is 0.251. The lowest BCUT2D eigenvalue weighted by atomic mass is 9.97. The zero-order chi connectivity index (χ0) is 19.8. The fourth-order valence-electron chi connectivity index (χ4n) is 3.30. The van der Waals surface area contributed by atoms with Crippen LogP contribution in [0.5, 0.6) is 5.75 Å². The van der Waals surface area contributed by atoms with Crippen molar-refractivity contribution in [2.24, 2.45) is 7.05 Å². The van der Waals surface area contributed by atoms with Crippen LogP contribution in [0.15, 0.2) is 59.4 Å². The molecule has 2 aromatic heterocycles. The van der Waals surface area contributed by atoms with Gasteiger partial charge in [-0.25, -0.2) is 13.9 Å². The van der Waals surface area contributed by atoms with Crippen molar-refractivity contribution in [2.75, 3.05) is 7.11 Å². The van der Waals surface area contributed by atoms with E-state index in [-0.39, 0.29) is 5.69 Å². The number of ether oxygens (including phenoxy) is 1. The molecule has 0 fully saturated rings. The SMILES string of the molecule is COc1cc(-c2ccc(C#N)cc2)c(-c2ccc(C)cc2)n2c(=O)n(C)nc12. The van der Waals surface area contributed by atoms with E-state index in [2.05, 4.69) is 11.2 Å². The van der Waals surface area contributed by atoms with E-state index in [4.69, 9.17) is 10.00 Å². The molecule has 0 aliphatic carbocycles. The molecule has 138 valence electrons. The van der Waals surface area contributed by atoms with Gasteiger partial charge in [0.1, 0.15) is 0 Å². The fraction of sp³-hybridized carbons (Fsp3) is 0.136. The quantitative estimate of drug-likeness (QED) is 0.553. The van der Waals surface area contributed by atoms with Crippen LogP contribution in [-0.2, 0) is 7.05 Å². The Hall–Kier alpha value is -3.85. The van der Waals surface area contributed by atoms with Crippen LogP contribution in [0.2, 0.25) is 0 Å². The van der Waals surface area contributed by atoms with E-state index < -0.39 is 0 Å². The molecule has 0 aliphatic rings. The van der Waals surface area contributed by atoms with Crippen LogP contribution in [-0.4, -0.2) is 21.3 Å². The molecular formula is C22H18N4O2. The zero-order valence-electron chi connectivity index (χ0n) is 15.8. The van der Waals surface area contributed by atoms with Gasteiger partial charge in [0.2, 0.25) is 5.65 Å². The predicted molar refractivity (Wildman–Crippen MR) is 107 cm³/mol. The lowest BCUT2D eigenvalue weighted by Gasteiger charge is -2.15. The third kappa shape index (κ3) is 2.74. The highest BCUT2D eigenvalue weighted by Crippen LogP contribution is 2.36. The van der Waals surface area contributed by atoms with Crippen molar-refractivity contribution < 1.29 is 4.74 Å². The summed E-state index contributed by atoms with van der Waals surface area (Å²) in [7, 11) is 3.18. The second-order valence-corrected chi connectivity index (χ2v) is 6.60. The number of fused-ring (bicyclic) bond motifs is 1. The van der Waals surface area contributed by atoms with Gasteiger partial charge in [0.05, 0.1) is 24.4 Å². The molecule has 0 N–H and O–H groups in total. The molecule has 0 atom stereocenters. The maximum Gasteiger partial charge on any atom is 0.350 e. The predicted octanol–water partition coefficient (Wildman–Crippen LogP) is 3.56. The normalized spacial score (nSPS) is 10.8. The molecule has 0 amide bonds. The molecule has 4 rings (SSSR count). The van der Waals surface area contributed by atoms with Crippen molar-refractivity contribution in [2.45, 2.75) is 6.92 Å². The van der Waals surface area contributed by atoms with E-state index in [1.807, 2.05) is 49.4 Å². The van der Waals surface area contributed by atoms with Crippen molar-refractivity contribution in [1.82, 2.24) is 14.2 Å². The molecule has 2 aromatic carbocycles. The van der Waals surface area contributed by atoms with Gasteiger partial charge in [-0.1, -0.05) is 42.0 Å². The summed E-state index contributed by atoms with van der Waals surface area (Å²) in [6.45, 7) is 2.02. The molecule has 0 radical (unpaired) electrons. The van der Waals surface area contributed by atoms with Crippen molar-refractivity contribution in [3.05, 3.63) is 76.2 Å². The Morgan fingerprint density at radius 3 is 2.29 bits per heavy atom. The number of benzene rings is 2. The second kappa shape index (κ2) is 6.71. The number of hydrogen-bond donors (Lipinski definition) is 0. The monoisotopic (exact) mass is 370 g/mol. The van der Waals surface area contributed by atoms with E-state index in [0.29, 0.717) is 17.0 Å². The van der Waals surface area contributed by atoms with Gasteiger partial charge in [0, 0.05) is 12.6 Å². The van der Waals surface area contributed by atoms with E-state index in [1.165, 1.54) is 4.68 Å². The number of nitrogens with zero attached hydrogens (tertiary/aromatic N) is 4. The van der Waals surface area contributed by atoms with Crippen molar-refractivity contribution in [1.29, 1.82) is 5.26 Å². The minimum Gasteiger partial charge on any atom is -0.493 e.